The van der Waals surface area contributed by atoms with Crippen molar-refractivity contribution in [2.24, 2.45) is 11.7 Å². The quantitative estimate of drug-likeness (QED) is 0.254. The van der Waals surface area contributed by atoms with Crippen LogP contribution in [0.1, 0.15) is 21.6 Å². The molecule has 1 amide bonds. The Balaban J connectivity index is 1.51. The lowest BCUT2D eigenvalue weighted by Crippen LogP contribution is -2.67. The topological polar surface area (TPSA) is 187 Å². The number of ether oxygens (including phenoxy) is 1. The van der Waals surface area contributed by atoms with Gasteiger partial charge in [0.05, 0.1) is 34.2 Å². The molecular formula is C30H32N4O8S. The number of fused-ring (bicyclic) bond motifs is 3. The van der Waals surface area contributed by atoms with Crippen LogP contribution in [0.3, 0.4) is 0 Å². The second kappa shape index (κ2) is 10.7. The summed E-state index contributed by atoms with van der Waals surface area (Å²) in [5.41, 5.74) is 3.48. The first kappa shape index (κ1) is 29.2. The number of amides is 1. The number of piperazine rings is 1. The SMILES string of the molecule is COCCN1CCN(C2C(=O)C(C(N)=O)=C(O)C3(O)C(=O)c4c(cc5c(-c6cc(C)ns6)ccc(O)c5c4O)CC23)CC1. The van der Waals surface area contributed by atoms with Crippen LogP contribution in [0.15, 0.2) is 35.6 Å². The van der Waals surface area contributed by atoms with Gasteiger partial charge in [-0.1, -0.05) is 0 Å². The number of hydrogen-bond acceptors (Lipinski definition) is 12. The van der Waals surface area contributed by atoms with Crippen molar-refractivity contribution in [1.82, 2.24) is 14.2 Å². The molecule has 2 aromatic carbocycles. The molecule has 1 aliphatic heterocycles. The van der Waals surface area contributed by atoms with E-state index in [0.717, 1.165) is 10.6 Å². The van der Waals surface area contributed by atoms with Crippen molar-refractivity contribution < 1.29 is 39.5 Å². The number of phenolic OH excluding ortho intramolecular Hbond substituents is 2. The average molecular weight is 609 g/mol. The zero-order chi connectivity index (χ0) is 30.8. The Hall–Kier alpha value is -3.88. The smallest absolute Gasteiger partial charge is 0.255 e. The zero-order valence-corrected chi connectivity index (χ0v) is 24.5. The fraction of sp³-hybridized carbons (Fsp3) is 0.400. The average Bonchev–Trinajstić information content (AvgIpc) is 3.40. The summed E-state index contributed by atoms with van der Waals surface area (Å²) in [6, 6.07) is 5.48. The number of hydrogen-bond donors (Lipinski definition) is 5. The Morgan fingerprint density at radius 3 is 2.51 bits per heavy atom. The number of phenols is 2. The monoisotopic (exact) mass is 608 g/mol. The van der Waals surface area contributed by atoms with Crippen molar-refractivity contribution in [1.29, 1.82) is 0 Å². The van der Waals surface area contributed by atoms with Crippen molar-refractivity contribution in [2.45, 2.75) is 25.0 Å². The normalized spacial score (nSPS) is 24.8. The van der Waals surface area contributed by atoms with Crippen molar-refractivity contribution >= 4 is 39.8 Å². The van der Waals surface area contributed by atoms with Gasteiger partial charge in [-0.2, -0.15) is 4.37 Å². The van der Waals surface area contributed by atoms with E-state index in [9.17, 15) is 34.8 Å². The number of benzene rings is 2. The zero-order valence-electron chi connectivity index (χ0n) is 23.7. The number of ketones is 2. The van der Waals surface area contributed by atoms with E-state index in [2.05, 4.69) is 9.27 Å². The maximum absolute atomic E-state index is 14.2. The van der Waals surface area contributed by atoms with Crippen molar-refractivity contribution in [3.05, 3.63) is 52.4 Å². The highest BCUT2D eigenvalue weighted by atomic mass is 32.1. The number of nitrogens with zero attached hydrogens (tertiary/aromatic N) is 3. The Labute approximate surface area is 250 Å². The standard InChI is InChI=1S/C30H32N4O8S/c1-14-11-20(43-32-14)16-3-4-19(35)22-17(16)12-15-13-18-24(34-7-5-33(6-8-34)9-10-42-2)26(37)23(29(31)40)28(39)30(18,41)27(38)21(15)25(22)36/h3-4,11-12,18,24,35-36,39,41H,5-10,13H2,1-2H3,(H2,31,40). The molecule has 1 saturated heterocycles. The summed E-state index contributed by atoms with van der Waals surface area (Å²) in [7, 11) is 1.61. The first-order valence-corrected chi connectivity index (χ1v) is 14.7. The van der Waals surface area contributed by atoms with Gasteiger partial charge in [-0.25, -0.2) is 0 Å². The minimum Gasteiger partial charge on any atom is -0.508 e. The van der Waals surface area contributed by atoms with Gasteiger partial charge in [-0.15, -0.1) is 0 Å². The highest BCUT2D eigenvalue weighted by molar-refractivity contribution is 7.09. The van der Waals surface area contributed by atoms with Gasteiger partial charge in [0.25, 0.3) is 5.91 Å². The largest absolute Gasteiger partial charge is 0.508 e. The van der Waals surface area contributed by atoms with Crippen molar-refractivity contribution in [2.75, 3.05) is 46.4 Å². The van der Waals surface area contributed by atoms with Crippen LogP contribution < -0.4 is 5.73 Å². The maximum Gasteiger partial charge on any atom is 0.255 e. The molecule has 1 fully saturated rings. The number of aromatic hydroxyl groups is 2. The minimum absolute atomic E-state index is 0.00749. The Bertz CT molecular complexity index is 1710. The summed E-state index contributed by atoms with van der Waals surface area (Å²) in [5.74, 6) is -6.26. The summed E-state index contributed by atoms with van der Waals surface area (Å²) in [4.78, 5) is 45.2. The summed E-state index contributed by atoms with van der Waals surface area (Å²) in [6.45, 7) is 5.02. The number of aliphatic hydroxyl groups is 2. The van der Waals surface area contributed by atoms with E-state index < -0.39 is 52.1 Å². The Kier molecular flexibility index (Phi) is 7.26. The minimum atomic E-state index is -2.71. The lowest BCUT2D eigenvalue weighted by Gasteiger charge is -2.50. The van der Waals surface area contributed by atoms with Crippen LogP contribution in [0.4, 0.5) is 0 Å². The molecule has 3 unspecified atom stereocenters. The predicted octanol–water partition coefficient (Wildman–Crippen LogP) is 1.28. The molecule has 1 aromatic heterocycles. The van der Waals surface area contributed by atoms with Gasteiger partial charge in [-0.05, 0) is 60.1 Å². The van der Waals surface area contributed by atoms with Gasteiger partial charge < -0.3 is 30.9 Å². The molecule has 3 atom stereocenters. The van der Waals surface area contributed by atoms with Gasteiger partial charge in [0, 0.05) is 51.3 Å². The number of carbonyl (C=O) groups is 3. The molecule has 6 rings (SSSR count). The van der Waals surface area contributed by atoms with Gasteiger partial charge in [-0.3, -0.25) is 24.2 Å². The number of aryl methyl sites for hydroxylation is 1. The Morgan fingerprint density at radius 1 is 1.16 bits per heavy atom. The third-order valence-corrected chi connectivity index (χ3v) is 9.85. The number of aromatic nitrogens is 1. The lowest BCUT2D eigenvalue weighted by molar-refractivity contribution is -0.134. The number of rotatable bonds is 6. The van der Waals surface area contributed by atoms with E-state index in [1.165, 1.54) is 17.6 Å². The number of primary amides is 1. The van der Waals surface area contributed by atoms with Gasteiger partial charge in [0.2, 0.25) is 5.78 Å². The van der Waals surface area contributed by atoms with Crippen molar-refractivity contribution in [3.63, 3.8) is 0 Å². The Morgan fingerprint density at radius 2 is 1.88 bits per heavy atom. The first-order chi connectivity index (χ1) is 20.5. The summed E-state index contributed by atoms with van der Waals surface area (Å²) < 4.78 is 9.50. The molecule has 0 saturated carbocycles. The molecule has 0 radical (unpaired) electrons. The predicted molar refractivity (Wildman–Crippen MR) is 157 cm³/mol. The third-order valence-electron chi connectivity index (χ3n) is 8.93. The fourth-order valence-electron chi connectivity index (χ4n) is 6.80. The van der Waals surface area contributed by atoms with Crippen LogP contribution in [0.5, 0.6) is 11.5 Å². The first-order valence-electron chi connectivity index (χ1n) is 13.9. The van der Waals surface area contributed by atoms with Crippen LogP contribution in [-0.2, 0) is 20.7 Å². The maximum atomic E-state index is 14.2. The molecule has 226 valence electrons. The number of methoxy groups -OCH3 is 1. The second-order valence-electron chi connectivity index (χ2n) is 11.3. The molecule has 0 bridgehead atoms. The van der Waals surface area contributed by atoms with Crippen LogP contribution >= 0.6 is 11.5 Å². The van der Waals surface area contributed by atoms with E-state index in [4.69, 9.17) is 10.5 Å². The fourth-order valence-corrected chi connectivity index (χ4v) is 7.59. The van der Waals surface area contributed by atoms with E-state index in [-0.39, 0.29) is 23.1 Å². The number of aliphatic hydroxyl groups excluding tert-OH is 1. The molecule has 2 heterocycles. The highest BCUT2D eigenvalue weighted by Gasteiger charge is 2.62. The van der Waals surface area contributed by atoms with Crippen molar-refractivity contribution in [3.8, 4) is 21.9 Å². The summed E-state index contributed by atoms with van der Waals surface area (Å²) in [6.07, 6.45) is -0.0890. The summed E-state index contributed by atoms with van der Waals surface area (Å²) >= 11 is 1.25. The molecule has 3 aromatic rings. The highest BCUT2D eigenvalue weighted by Crippen LogP contribution is 2.51. The van der Waals surface area contributed by atoms with Crippen LogP contribution in [-0.4, -0.2) is 110 Å². The van der Waals surface area contributed by atoms with E-state index >= 15 is 0 Å². The number of carbonyl (C=O) groups excluding carboxylic acids is 3. The number of nitrogens with two attached hydrogens (primary N) is 1. The van der Waals surface area contributed by atoms with Crippen LogP contribution in [0.2, 0.25) is 0 Å². The molecule has 6 N–H and O–H groups in total. The second-order valence-corrected chi connectivity index (χ2v) is 12.1. The molecule has 12 nitrogen and oxygen atoms in total. The molecule has 43 heavy (non-hydrogen) atoms. The lowest BCUT2D eigenvalue weighted by atomic mass is 9.61. The number of Topliss-reactive ketones (excluding diaryl/α,β-unsaturated/α-hetero) is 2. The van der Waals surface area contributed by atoms with E-state index in [0.29, 0.717) is 55.8 Å². The molecule has 0 spiro atoms. The molecule has 3 aliphatic rings. The molecular weight excluding hydrogens is 576 g/mol. The third kappa shape index (κ3) is 4.42. The van der Waals surface area contributed by atoms with E-state index in [1.54, 1.807) is 19.2 Å². The van der Waals surface area contributed by atoms with Gasteiger partial charge in [0.1, 0.15) is 22.8 Å². The van der Waals surface area contributed by atoms with Gasteiger partial charge >= 0.3 is 0 Å². The molecule has 13 heteroatoms. The van der Waals surface area contributed by atoms with Gasteiger partial charge in [0.15, 0.2) is 11.4 Å². The summed E-state index contributed by atoms with van der Waals surface area (Å²) in [5, 5.41) is 45.9. The van der Waals surface area contributed by atoms with E-state index in [1.807, 2.05) is 17.9 Å². The van der Waals surface area contributed by atoms with Crippen LogP contribution in [0, 0.1) is 12.8 Å². The van der Waals surface area contributed by atoms with Crippen LogP contribution in [0.25, 0.3) is 21.2 Å². The molecule has 2 aliphatic carbocycles.